The van der Waals surface area contributed by atoms with E-state index >= 15 is 0 Å². The van der Waals surface area contributed by atoms with E-state index in [9.17, 15) is 4.79 Å². The summed E-state index contributed by atoms with van der Waals surface area (Å²) in [6.45, 7) is 6.35. The molecule has 0 aromatic heterocycles. The summed E-state index contributed by atoms with van der Waals surface area (Å²) in [5.41, 5.74) is 1.74. The highest BCUT2D eigenvalue weighted by molar-refractivity contribution is 6.31. The van der Waals surface area contributed by atoms with Gasteiger partial charge in [0.25, 0.3) is 0 Å². The molecule has 0 aliphatic rings. The van der Waals surface area contributed by atoms with Crippen LogP contribution in [0.1, 0.15) is 5.56 Å². The molecule has 3 nitrogen and oxygen atoms in total. The minimum atomic E-state index is -0.0905. The lowest BCUT2D eigenvalue weighted by Crippen LogP contribution is -2.28. The van der Waals surface area contributed by atoms with Crippen LogP contribution in [0, 0.1) is 6.92 Å². The first-order valence-corrected chi connectivity index (χ1v) is 5.39. The normalized spacial score (nSPS) is 9.88. The van der Waals surface area contributed by atoms with E-state index in [4.69, 9.17) is 11.6 Å². The van der Waals surface area contributed by atoms with Crippen molar-refractivity contribution in [3.8, 4) is 0 Å². The first-order chi connectivity index (χ1) is 7.63. The summed E-state index contributed by atoms with van der Waals surface area (Å²) in [6.07, 6.45) is 1.71. The summed E-state index contributed by atoms with van der Waals surface area (Å²) < 4.78 is 0. The van der Waals surface area contributed by atoms with Gasteiger partial charge in [0.15, 0.2) is 0 Å². The van der Waals surface area contributed by atoms with Gasteiger partial charge in [0, 0.05) is 17.3 Å². The van der Waals surface area contributed by atoms with Gasteiger partial charge in [-0.05, 0) is 24.6 Å². The predicted molar refractivity (Wildman–Crippen MR) is 67.9 cm³/mol. The Morgan fingerprint density at radius 3 is 3.00 bits per heavy atom. The molecule has 0 aliphatic carbocycles. The summed E-state index contributed by atoms with van der Waals surface area (Å²) in [4.78, 5) is 11.5. The molecular weight excluding hydrogens is 224 g/mol. The van der Waals surface area contributed by atoms with E-state index < -0.39 is 0 Å². The average molecular weight is 239 g/mol. The first-order valence-electron chi connectivity index (χ1n) is 5.01. The second kappa shape index (κ2) is 6.30. The quantitative estimate of drug-likeness (QED) is 0.611. The standard InChI is InChI=1S/C12H15ClN2O/c1-3-6-14-8-12(16)15-11-7-10(13)5-4-9(11)2/h3-5,7,14H,1,6,8H2,2H3,(H,15,16). The van der Waals surface area contributed by atoms with Crippen LogP contribution in [0.5, 0.6) is 0 Å². The molecule has 0 atom stereocenters. The maximum Gasteiger partial charge on any atom is 0.238 e. The number of hydrogen-bond donors (Lipinski definition) is 2. The van der Waals surface area contributed by atoms with Crippen molar-refractivity contribution in [2.45, 2.75) is 6.92 Å². The molecule has 0 spiro atoms. The van der Waals surface area contributed by atoms with Crippen molar-refractivity contribution < 1.29 is 4.79 Å². The molecule has 1 amide bonds. The molecule has 0 saturated carbocycles. The zero-order valence-corrected chi connectivity index (χ0v) is 9.97. The van der Waals surface area contributed by atoms with Crippen LogP contribution in [-0.4, -0.2) is 19.0 Å². The number of hydrogen-bond acceptors (Lipinski definition) is 2. The number of carbonyl (C=O) groups is 1. The number of halogens is 1. The molecule has 0 unspecified atom stereocenters. The van der Waals surface area contributed by atoms with E-state index in [0.717, 1.165) is 11.3 Å². The topological polar surface area (TPSA) is 41.1 Å². The molecule has 2 N–H and O–H groups in total. The number of carbonyl (C=O) groups excluding carboxylic acids is 1. The molecule has 1 aromatic carbocycles. The molecule has 4 heteroatoms. The van der Waals surface area contributed by atoms with E-state index in [1.54, 1.807) is 18.2 Å². The predicted octanol–water partition coefficient (Wildman–Crippen LogP) is 2.36. The largest absolute Gasteiger partial charge is 0.325 e. The van der Waals surface area contributed by atoms with Crippen LogP contribution < -0.4 is 10.6 Å². The van der Waals surface area contributed by atoms with Crippen molar-refractivity contribution in [2.24, 2.45) is 0 Å². The molecule has 1 rings (SSSR count). The summed E-state index contributed by atoms with van der Waals surface area (Å²) in [5, 5.41) is 6.33. The Bertz CT molecular complexity index is 391. The second-order valence-corrected chi connectivity index (χ2v) is 3.86. The van der Waals surface area contributed by atoms with Crippen molar-refractivity contribution in [1.29, 1.82) is 0 Å². The molecule has 0 bridgehead atoms. The Morgan fingerprint density at radius 2 is 2.31 bits per heavy atom. The third-order valence-electron chi connectivity index (χ3n) is 2.05. The fourth-order valence-corrected chi connectivity index (χ4v) is 1.38. The van der Waals surface area contributed by atoms with E-state index in [1.165, 1.54) is 0 Å². The van der Waals surface area contributed by atoms with E-state index in [1.807, 2.05) is 13.0 Å². The monoisotopic (exact) mass is 238 g/mol. The molecule has 0 saturated heterocycles. The minimum Gasteiger partial charge on any atom is -0.325 e. The number of amides is 1. The van der Waals surface area contributed by atoms with Crippen molar-refractivity contribution in [2.75, 3.05) is 18.4 Å². The number of nitrogens with one attached hydrogen (secondary N) is 2. The summed E-state index contributed by atoms with van der Waals surface area (Å²) in [7, 11) is 0. The fraction of sp³-hybridized carbons (Fsp3) is 0.250. The third-order valence-corrected chi connectivity index (χ3v) is 2.28. The number of aryl methyl sites for hydroxylation is 1. The Labute approximate surface area is 100 Å². The van der Waals surface area contributed by atoms with Crippen LogP contribution in [0.4, 0.5) is 5.69 Å². The number of benzene rings is 1. The zero-order chi connectivity index (χ0) is 12.0. The van der Waals surface area contributed by atoms with Gasteiger partial charge < -0.3 is 10.6 Å². The Balaban J connectivity index is 2.55. The van der Waals surface area contributed by atoms with Gasteiger partial charge in [-0.25, -0.2) is 0 Å². The summed E-state index contributed by atoms with van der Waals surface area (Å²) >= 11 is 5.85. The lowest BCUT2D eigenvalue weighted by atomic mass is 10.2. The summed E-state index contributed by atoms with van der Waals surface area (Å²) in [5.74, 6) is -0.0905. The minimum absolute atomic E-state index is 0.0905. The lowest BCUT2D eigenvalue weighted by Gasteiger charge is -2.08. The maximum absolute atomic E-state index is 11.5. The van der Waals surface area contributed by atoms with Gasteiger partial charge in [-0.3, -0.25) is 4.79 Å². The first kappa shape index (κ1) is 12.7. The molecule has 16 heavy (non-hydrogen) atoms. The van der Waals surface area contributed by atoms with Crippen LogP contribution >= 0.6 is 11.6 Å². The average Bonchev–Trinajstić information content (AvgIpc) is 2.24. The smallest absolute Gasteiger partial charge is 0.238 e. The lowest BCUT2D eigenvalue weighted by molar-refractivity contribution is -0.115. The van der Waals surface area contributed by atoms with Crippen molar-refractivity contribution >= 4 is 23.2 Å². The van der Waals surface area contributed by atoms with Gasteiger partial charge in [0.1, 0.15) is 0 Å². The fourth-order valence-electron chi connectivity index (χ4n) is 1.21. The molecule has 1 aromatic rings. The van der Waals surface area contributed by atoms with Gasteiger partial charge in [0.2, 0.25) is 5.91 Å². The Hall–Kier alpha value is -1.32. The Morgan fingerprint density at radius 1 is 1.56 bits per heavy atom. The molecule has 0 heterocycles. The van der Waals surface area contributed by atoms with Crippen LogP contribution in [0.2, 0.25) is 5.02 Å². The van der Waals surface area contributed by atoms with Crippen molar-refractivity contribution in [3.05, 3.63) is 41.4 Å². The SMILES string of the molecule is C=CCNCC(=O)Nc1cc(Cl)ccc1C. The van der Waals surface area contributed by atoms with Gasteiger partial charge in [-0.15, -0.1) is 6.58 Å². The van der Waals surface area contributed by atoms with Crippen molar-refractivity contribution in [1.82, 2.24) is 5.32 Å². The highest BCUT2D eigenvalue weighted by atomic mass is 35.5. The maximum atomic E-state index is 11.5. The summed E-state index contributed by atoms with van der Waals surface area (Å²) in [6, 6.07) is 5.40. The Kier molecular flexibility index (Phi) is 5.02. The highest BCUT2D eigenvalue weighted by Crippen LogP contribution is 2.19. The molecule has 0 fully saturated rings. The van der Waals surface area contributed by atoms with E-state index in [-0.39, 0.29) is 12.5 Å². The third kappa shape index (κ3) is 4.04. The van der Waals surface area contributed by atoms with Crippen LogP contribution in [0.3, 0.4) is 0 Å². The molecule has 86 valence electrons. The number of anilines is 1. The van der Waals surface area contributed by atoms with E-state index in [2.05, 4.69) is 17.2 Å². The van der Waals surface area contributed by atoms with Crippen LogP contribution in [-0.2, 0) is 4.79 Å². The highest BCUT2D eigenvalue weighted by Gasteiger charge is 2.04. The van der Waals surface area contributed by atoms with Gasteiger partial charge in [0.05, 0.1) is 6.54 Å². The zero-order valence-electron chi connectivity index (χ0n) is 9.22. The van der Waals surface area contributed by atoms with E-state index in [0.29, 0.717) is 11.6 Å². The van der Waals surface area contributed by atoms with Crippen LogP contribution in [0.25, 0.3) is 0 Å². The molecule has 0 aliphatic heterocycles. The van der Waals surface area contributed by atoms with Gasteiger partial charge in [-0.2, -0.15) is 0 Å². The molecule has 0 radical (unpaired) electrons. The van der Waals surface area contributed by atoms with Crippen LogP contribution in [0.15, 0.2) is 30.9 Å². The molecular formula is C12H15ClN2O. The van der Waals surface area contributed by atoms with Gasteiger partial charge in [-0.1, -0.05) is 23.7 Å². The second-order valence-electron chi connectivity index (χ2n) is 3.43. The van der Waals surface area contributed by atoms with Crippen molar-refractivity contribution in [3.63, 3.8) is 0 Å². The van der Waals surface area contributed by atoms with Gasteiger partial charge >= 0.3 is 0 Å². The number of rotatable bonds is 5.